The van der Waals surface area contributed by atoms with Gasteiger partial charge in [-0.15, -0.1) is 0 Å². The standard InChI is InChI=1S/C10H11F2NO2.C2H6/c1-6-2-7-8(13-3-6)4-15-5-10(7,14)9(11)12;1-2/h2-3,9,14H,4-5H2,1H3;1-2H3. The summed E-state index contributed by atoms with van der Waals surface area (Å²) in [5.41, 5.74) is -0.903. The van der Waals surface area contributed by atoms with E-state index < -0.39 is 12.0 Å². The SMILES string of the molecule is CC.Cc1cnc2c(c1)C(O)(C(F)F)COC2. The minimum Gasteiger partial charge on any atom is -0.377 e. The second-order valence-electron chi connectivity index (χ2n) is 3.72. The van der Waals surface area contributed by atoms with E-state index in [2.05, 4.69) is 4.98 Å². The molecule has 2 heterocycles. The van der Waals surface area contributed by atoms with E-state index in [-0.39, 0.29) is 18.8 Å². The molecular formula is C12H17F2NO2. The van der Waals surface area contributed by atoms with Crippen molar-refractivity contribution in [1.82, 2.24) is 4.98 Å². The fourth-order valence-corrected chi connectivity index (χ4v) is 1.65. The van der Waals surface area contributed by atoms with Gasteiger partial charge in [0.1, 0.15) is 0 Å². The van der Waals surface area contributed by atoms with E-state index in [1.54, 1.807) is 13.1 Å². The monoisotopic (exact) mass is 245 g/mol. The molecule has 0 fully saturated rings. The minimum atomic E-state index is -2.87. The van der Waals surface area contributed by atoms with Crippen LogP contribution in [0, 0.1) is 6.92 Å². The van der Waals surface area contributed by atoms with E-state index in [4.69, 9.17) is 4.74 Å². The van der Waals surface area contributed by atoms with Crippen molar-refractivity contribution in [3.8, 4) is 0 Å². The molecule has 1 aliphatic heterocycles. The van der Waals surface area contributed by atoms with E-state index in [0.29, 0.717) is 5.69 Å². The van der Waals surface area contributed by atoms with Crippen LogP contribution in [-0.4, -0.2) is 23.1 Å². The predicted molar refractivity (Wildman–Crippen MR) is 59.9 cm³/mol. The Hall–Kier alpha value is -1.07. The van der Waals surface area contributed by atoms with Gasteiger partial charge in [-0.05, 0) is 18.6 Å². The number of halogens is 2. The first-order valence-corrected chi connectivity index (χ1v) is 5.58. The first-order valence-electron chi connectivity index (χ1n) is 5.58. The fraction of sp³-hybridized carbons (Fsp3) is 0.583. The van der Waals surface area contributed by atoms with E-state index in [1.165, 1.54) is 6.07 Å². The molecule has 0 saturated heterocycles. The zero-order valence-electron chi connectivity index (χ0n) is 10.2. The lowest BCUT2D eigenvalue weighted by Crippen LogP contribution is -2.43. The van der Waals surface area contributed by atoms with Crippen molar-refractivity contribution >= 4 is 0 Å². The molecule has 3 nitrogen and oxygen atoms in total. The van der Waals surface area contributed by atoms with Crippen LogP contribution < -0.4 is 0 Å². The maximum atomic E-state index is 12.8. The van der Waals surface area contributed by atoms with Gasteiger partial charge in [0.05, 0.1) is 18.9 Å². The van der Waals surface area contributed by atoms with Gasteiger partial charge >= 0.3 is 0 Å². The average molecular weight is 245 g/mol. The lowest BCUT2D eigenvalue weighted by molar-refractivity contribution is -0.157. The van der Waals surface area contributed by atoms with Gasteiger partial charge in [0.25, 0.3) is 6.43 Å². The molecule has 1 atom stereocenters. The third-order valence-electron chi connectivity index (χ3n) is 2.50. The minimum absolute atomic E-state index is 0.171. The summed E-state index contributed by atoms with van der Waals surface area (Å²) >= 11 is 0. The Morgan fingerprint density at radius 3 is 2.71 bits per heavy atom. The highest BCUT2D eigenvalue weighted by molar-refractivity contribution is 5.32. The van der Waals surface area contributed by atoms with Crippen LogP contribution in [0.1, 0.15) is 30.7 Å². The zero-order valence-corrected chi connectivity index (χ0v) is 10.2. The Kier molecular flexibility index (Phi) is 4.54. The molecule has 0 aliphatic carbocycles. The molecule has 1 N–H and O–H groups in total. The normalized spacial score (nSPS) is 22.8. The molecule has 5 heteroatoms. The second-order valence-corrected chi connectivity index (χ2v) is 3.72. The van der Waals surface area contributed by atoms with Crippen LogP contribution >= 0.6 is 0 Å². The fourth-order valence-electron chi connectivity index (χ4n) is 1.65. The first kappa shape index (κ1) is 14.0. The number of fused-ring (bicyclic) bond motifs is 1. The Morgan fingerprint density at radius 2 is 2.12 bits per heavy atom. The number of aryl methyl sites for hydroxylation is 1. The van der Waals surface area contributed by atoms with Crippen molar-refractivity contribution in [1.29, 1.82) is 0 Å². The number of nitrogens with zero attached hydrogens (tertiary/aromatic N) is 1. The molecule has 1 unspecified atom stereocenters. The summed E-state index contributed by atoms with van der Waals surface area (Å²) in [5, 5.41) is 9.81. The largest absolute Gasteiger partial charge is 0.377 e. The molecule has 0 bridgehead atoms. The summed E-state index contributed by atoms with van der Waals surface area (Å²) in [4.78, 5) is 3.98. The van der Waals surface area contributed by atoms with Gasteiger partial charge in [-0.1, -0.05) is 13.8 Å². The van der Waals surface area contributed by atoms with Crippen molar-refractivity contribution in [2.24, 2.45) is 0 Å². The van der Waals surface area contributed by atoms with Gasteiger partial charge in [-0.2, -0.15) is 0 Å². The van der Waals surface area contributed by atoms with Crippen LogP contribution in [0.3, 0.4) is 0 Å². The van der Waals surface area contributed by atoms with Crippen molar-refractivity contribution < 1.29 is 18.6 Å². The van der Waals surface area contributed by atoms with Crippen LogP contribution in [0.4, 0.5) is 8.78 Å². The van der Waals surface area contributed by atoms with Crippen molar-refractivity contribution in [3.05, 3.63) is 29.1 Å². The smallest absolute Gasteiger partial charge is 0.273 e. The Bertz CT molecular complexity index is 385. The van der Waals surface area contributed by atoms with Crippen LogP contribution in [0.5, 0.6) is 0 Å². The van der Waals surface area contributed by atoms with E-state index in [9.17, 15) is 13.9 Å². The van der Waals surface area contributed by atoms with Gasteiger partial charge in [-0.3, -0.25) is 4.98 Å². The average Bonchev–Trinajstić information content (AvgIpc) is 2.33. The summed E-state index contributed by atoms with van der Waals surface area (Å²) in [7, 11) is 0. The topological polar surface area (TPSA) is 42.4 Å². The lowest BCUT2D eigenvalue weighted by Gasteiger charge is -2.32. The molecule has 1 aromatic heterocycles. The Labute approximate surface area is 99.4 Å². The Morgan fingerprint density at radius 1 is 1.47 bits per heavy atom. The highest BCUT2D eigenvalue weighted by atomic mass is 19.3. The number of alkyl halides is 2. The van der Waals surface area contributed by atoms with Gasteiger partial charge < -0.3 is 9.84 Å². The van der Waals surface area contributed by atoms with Crippen molar-refractivity contribution in [3.63, 3.8) is 0 Å². The summed E-state index contributed by atoms with van der Waals surface area (Å²) in [6.07, 6.45) is -1.31. The Balaban J connectivity index is 0.000000686. The molecular weight excluding hydrogens is 228 g/mol. The third kappa shape index (κ3) is 2.61. The number of hydrogen-bond acceptors (Lipinski definition) is 3. The molecule has 0 spiro atoms. The predicted octanol–water partition coefficient (Wildman–Crippen LogP) is 2.40. The summed E-state index contributed by atoms with van der Waals surface area (Å²) < 4.78 is 30.4. The number of rotatable bonds is 1. The van der Waals surface area contributed by atoms with Crippen molar-refractivity contribution in [2.45, 2.75) is 39.4 Å². The van der Waals surface area contributed by atoms with Gasteiger partial charge in [0.2, 0.25) is 0 Å². The highest BCUT2D eigenvalue weighted by Gasteiger charge is 2.44. The molecule has 0 amide bonds. The molecule has 1 aliphatic rings. The summed E-state index contributed by atoms with van der Waals surface area (Å²) in [6, 6.07) is 1.54. The molecule has 17 heavy (non-hydrogen) atoms. The van der Waals surface area contributed by atoms with Gasteiger partial charge in [-0.25, -0.2) is 8.78 Å². The van der Waals surface area contributed by atoms with Gasteiger partial charge in [0, 0.05) is 11.8 Å². The van der Waals surface area contributed by atoms with Crippen LogP contribution in [0.25, 0.3) is 0 Å². The van der Waals surface area contributed by atoms with E-state index in [1.807, 2.05) is 13.8 Å². The third-order valence-corrected chi connectivity index (χ3v) is 2.50. The van der Waals surface area contributed by atoms with Crippen LogP contribution in [0.15, 0.2) is 12.3 Å². The van der Waals surface area contributed by atoms with Crippen LogP contribution in [0.2, 0.25) is 0 Å². The number of pyridine rings is 1. The quantitative estimate of drug-likeness (QED) is 0.826. The molecule has 0 saturated carbocycles. The van der Waals surface area contributed by atoms with Crippen molar-refractivity contribution in [2.75, 3.05) is 6.61 Å². The molecule has 2 rings (SSSR count). The molecule has 96 valence electrons. The second kappa shape index (κ2) is 5.51. The molecule has 1 aromatic rings. The first-order chi connectivity index (χ1) is 8.04. The number of aliphatic hydroxyl groups is 1. The van der Waals surface area contributed by atoms with E-state index >= 15 is 0 Å². The molecule has 0 aromatic carbocycles. The van der Waals surface area contributed by atoms with Crippen LogP contribution in [-0.2, 0) is 16.9 Å². The number of aromatic nitrogens is 1. The van der Waals surface area contributed by atoms with E-state index in [0.717, 1.165) is 5.56 Å². The summed E-state index contributed by atoms with van der Waals surface area (Å²) in [5.74, 6) is 0. The maximum absolute atomic E-state index is 12.8. The number of ether oxygens (including phenoxy) is 1. The number of hydrogen-bond donors (Lipinski definition) is 1. The van der Waals surface area contributed by atoms with Gasteiger partial charge in [0.15, 0.2) is 5.60 Å². The lowest BCUT2D eigenvalue weighted by atomic mass is 9.91. The summed E-state index contributed by atoms with van der Waals surface area (Å²) in [6.45, 7) is 5.53. The molecule has 0 radical (unpaired) electrons. The highest BCUT2D eigenvalue weighted by Crippen LogP contribution is 2.34. The zero-order chi connectivity index (χ0) is 13.1. The maximum Gasteiger partial charge on any atom is 0.273 e.